The van der Waals surface area contributed by atoms with E-state index in [9.17, 15) is 4.79 Å². The number of aromatic nitrogens is 1. The van der Waals surface area contributed by atoms with Crippen molar-refractivity contribution >= 4 is 17.4 Å². The molecule has 0 atom stereocenters. The van der Waals surface area contributed by atoms with E-state index in [0.29, 0.717) is 0 Å². The molecule has 0 spiro atoms. The second kappa shape index (κ2) is 6.71. The van der Waals surface area contributed by atoms with E-state index in [1.165, 1.54) is 22.7 Å². The van der Waals surface area contributed by atoms with Gasteiger partial charge in [-0.3, -0.25) is 4.79 Å². The van der Waals surface area contributed by atoms with Gasteiger partial charge in [-0.15, -0.1) is 0 Å². The molecule has 1 fully saturated rings. The predicted octanol–water partition coefficient (Wildman–Crippen LogP) is 3.75. The van der Waals surface area contributed by atoms with Crippen LogP contribution in [-0.2, 0) is 0 Å². The second-order valence-electron chi connectivity index (χ2n) is 6.17. The number of hydrogen-bond donors (Lipinski definition) is 0. The zero-order valence-electron chi connectivity index (χ0n) is 13.8. The third-order valence-corrected chi connectivity index (χ3v) is 5.21. The predicted molar refractivity (Wildman–Crippen MR) is 92.3 cm³/mol. The first-order valence-electron chi connectivity index (χ1n) is 7.99. The number of amides is 1. The molecule has 5 heteroatoms. The van der Waals surface area contributed by atoms with E-state index in [-0.39, 0.29) is 12.0 Å². The maximum Gasteiger partial charge on any atom is 0.256 e. The van der Waals surface area contributed by atoms with Crippen LogP contribution in [0.2, 0.25) is 0 Å². The molecule has 23 heavy (non-hydrogen) atoms. The standard InChI is InChI=1S/C18H22N2O2S/c1-12-4-5-16(10-13(12)2)22-15-6-8-20(9-7-15)18(21)17-11-23-19-14(17)3/h4-5,10-11,15H,6-9H2,1-3H3. The molecule has 0 N–H and O–H groups in total. The molecule has 0 bridgehead atoms. The van der Waals surface area contributed by atoms with Crippen LogP contribution in [0.25, 0.3) is 0 Å². The molecule has 1 amide bonds. The van der Waals surface area contributed by atoms with E-state index < -0.39 is 0 Å². The second-order valence-corrected chi connectivity index (χ2v) is 6.80. The summed E-state index contributed by atoms with van der Waals surface area (Å²) >= 11 is 1.34. The Hall–Kier alpha value is -1.88. The summed E-state index contributed by atoms with van der Waals surface area (Å²) in [5, 5.41) is 1.84. The molecular weight excluding hydrogens is 308 g/mol. The Kier molecular flexibility index (Phi) is 4.66. The fourth-order valence-corrected chi connectivity index (χ4v) is 3.51. The van der Waals surface area contributed by atoms with Crippen LogP contribution in [0.1, 0.15) is 40.0 Å². The highest BCUT2D eigenvalue weighted by molar-refractivity contribution is 7.03. The zero-order chi connectivity index (χ0) is 16.4. The largest absolute Gasteiger partial charge is 0.490 e. The Labute approximate surface area is 141 Å². The fourth-order valence-electron chi connectivity index (χ4n) is 2.82. The first kappa shape index (κ1) is 16.0. The van der Waals surface area contributed by atoms with E-state index in [1.807, 2.05) is 23.3 Å². The van der Waals surface area contributed by atoms with Crippen LogP contribution < -0.4 is 4.74 Å². The van der Waals surface area contributed by atoms with Crippen LogP contribution in [0.5, 0.6) is 5.75 Å². The van der Waals surface area contributed by atoms with Crippen molar-refractivity contribution in [2.24, 2.45) is 0 Å². The van der Waals surface area contributed by atoms with Crippen molar-refractivity contribution in [3.63, 3.8) is 0 Å². The Balaban J connectivity index is 1.57. The van der Waals surface area contributed by atoms with Gasteiger partial charge in [0, 0.05) is 31.3 Å². The van der Waals surface area contributed by atoms with Crippen LogP contribution >= 0.6 is 11.5 Å². The molecule has 1 saturated heterocycles. The van der Waals surface area contributed by atoms with Crippen LogP contribution in [0.3, 0.4) is 0 Å². The van der Waals surface area contributed by atoms with Gasteiger partial charge < -0.3 is 9.64 Å². The van der Waals surface area contributed by atoms with Gasteiger partial charge in [0.25, 0.3) is 5.91 Å². The van der Waals surface area contributed by atoms with Gasteiger partial charge in [-0.2, -0.15) is 4.37 Å². The minimum atomic E-state index is 0.0980. The maximum absolute atomic E-state index is 12.5. The maximum atomic E-state index is 12.5. The third kappa shape index (κ3) is 3.55. The number of hydrogen-bond acceptors (Lipinski definition) is 4. The van der Waals surface area contributed by atoms with E-state index >= 15 is 0 Å². The van der Waals surface area contributed by atoms with E-state index in [1.54, 1.807) is 0 Å². The number of likely N-dealkylation sites (tertiary alicyclic amines) is 1. The average Bonchev–Trinajstić information content (AvgIpc) is 2.97. The summed E-state index contributed by atoms with van der Waals surface area (Å²) in [4.78, 5) is 14.4. The highest BCUT2D eigenvalue weighted by Crippen LogP contribution is 2.23. The summed E-state index contributed by atoms with van der Waals surface area (Å²) in [6, 6.07) is 6.21. The number of nitrogens with zero attached hydrogens (tertiary/aromatic N) is 2. The molecule has 3 rings (SSSR count). The molecular formula is C18H22N2O2S. The van der Waals surface area contributed by atoms with Crippen molar-refractivity contribution in [2.45, 2.75) is 39.7 Å². The Morgan fingerprint density at radius 3 is 2.57 bits per heavy atom. The van der Waals surface area contributed by atoms with Crippen LogP contribution in [0.4, 0.5) is 0 Å². The third-order valence-electron chi connectivity index (χ3n) is 4.49. The van der Waals surface area contributed by atoms with Crippen molar-refractivity contribution in [2.75, 3.05) is 13.1 Å². The number of rotatable bonds is 3. The highest BCUT2D eigenvalue weighted by atomic mass is 32.1. The molecule has 2 aromatic rings. The van der Waals surface area contributed by atoms with Crippen LogP contribution in [0, 0.1) is 20.8 Å². The summed E-state index contributed by atoms with van der Waals surface area (Å²) < 4.78 is 10.3. The van der Waals surface area contributed by atoms with Gasteiger partial charge in [0.15, 0.2) is 0 Å². The number of aryl methyl sites for hydroxylation is 3. The summed E-state index contributed by atoms with van der Waals surface area (Å²) in [5.74, 6) is 1.02. The van der Waals surface area contributed by atoms with Crippen molar-refractivity contribution in [3.05, 3.63) is 46.0 Å². The summed E-state index contributed by atoms with van der Waals surface area (Å²) in [5.41, 5.74) is 4.09. The Morgan fingerprint density at radius 2 is 1.96 bits per heavy atom. The molecule has 0 radical (unpaired) electrons. The molecule has 1 aromatic carbocycles. The van der Waals surface area contributed by atoms with Gasteiger partial charge in [0.1, 0.15) is 11.9 Å². The first-order valence-corrected chi connectivity index (χ1v) is 8.82. The number of benzene rings is 1. The molecule has 1 aromatic heterocycles. The molecule has 2 heterocycles. The normalized spacial score (nSPS) is 15.7. The van der Waals surface area contributed by atoms with Gasteiger partial charge in [-0.05, 0) is 55.6 Å². The molecule has 122 valence electrons. The Bertz CT molecular complexity index is 703. The summed E-state index contributed by atoms with van der Waals surface area (Å²) in [6.45, 7) is 7.57. The smallest absolute Gasteiger partial charge is 0.256 e. The monoisotopic (exact) mass is 330 g/mol. The summed E-state index contributed by atoms with van der Waals surface area (Å²) in [6.07, 6.45) is 1.92. The quantitative estimate of drug-likeness (QED) is 0.861. The van der Waals surface area contributed by atoms with E-state index in [4.69, 9.17) is 4.74 Å². The minimum absolute atomic E-state index is 0.0980. The lowest BCUT2D eigenvalue weighted by Crippen LogP contribution is -2.41. The lowest BCUT2D eigenvalue weighted by atomic mass is 10.1. The number of carbonyl (C=O) groups excluding carboxylic acids is 1. The molecule has 1 aliphatic rings. The van der Waals surface area contributed by atoms with E-state index in [2.05, 4.69) is 30.4 Å². The molecule has 0 unspecified atom stereocenters. The lowest BCUT2D eigenvalue weighted by molar-refractivity contribution is 0.0595. The minimum Gasteiger partial charge on any atom is -0.490 e. The number of carbonyl (C=O) groups is 1. The first-order chi connectivity index (χ1) is 11.0. The highest BCUT2D eigenvalue weighted by Gasteiger charge is 2.26. The number of ether oxygens (including phenoxy) is 1. The van der Waals surface area contributed by atoms with Crippen molar-refractivity contribution in [1.29, 1.82) is 0 Å². The van der Waals surface area contributed by atoms with Gasteiger partial charge in [0.2, 0.25) is 0 Å². The van der Waals surface area contributed by atoms with Crippen LogP contribution in [-0.4, -0.2) is 34.4 Å². The van der Waals surface area contributed by atoms with Crippen molar-refractivity contribution in [1.82, 2.24) is 9.27 Å². The lowest BCUT2D eigenvalue weighted by Gasteiger charge is -2.32. The van der Waals surface area contributed by atoms with Gasteiger partial charge in [-0.1, -0.05) is 6.07 Å². The van der Waals surface area contributed by atoms with E-state index in [0.717, 1.165) is 42.9 Å². The molecule has 0 saturated carbocycles. The fraction of sp³-hybridized carbons (Fsp3) is 0.444. The zero-order valence-corrected chi connectivity index (χ0v) is 14.7. The number of piperidine rings is 1. The van der Waals surface area contributed by atoms with Crippen LogP contribution in [0.15, 0.2) is 23.6 Å². The Morgan fingerprint density at radius 1 is 1.22 bits per heavy atom. The van der Waals surface area contributed by atoms with Gasteiger partial charge in [0.05, 0.1) is 11.3 Å². The van der Waals surface area contributed by atoms with Gasteiger partial charge >= 0.3 is 0 Å². The SMILES string of the molecule is Cc1ccc(OC2CCN(C(=O)c3csnc3C)CC2)cc1C. The molecule has 0 aliphatic carbocycles. The molecule has 4 nitrogen and oxygen atoms in total. The van der Waals surface area contributed by atoms with Gasteiger partial charge in [-0.25, -0.2) is 0 Å². The molecule has 1 aliphatic heterocycles. The summed E-state index contributed by atoms with van der Waals surface area (Å²) in [7, 11) is 0. The topological polar surface area (TPSA) is 42.4 Å². The van der Waals surface area contributed by atoms with Crippen molar-refractivity contribution < 1.29 is 9.53 Å². The van der Waals surface area contributed by atoms with Crippen molar-refractivity contribution in [3.8, 4) is 5.75 Å². The average molecular weight is 330 g/mol.